The minimum atomic E-state index is 0. The van der Waals surface area contributed by atoms with Crippen LogP contribution in [0.2, 0.25) is 0 Å². The molecule has 0 saturated carbocycles. The molecule has 1 aromatic rings. The van der Waals surface area contributed by atoms with Crippen molar-refractivity contribution in [2.75, 3.05) is 44.2 Å². The predicted molar refractivity (Wildman–Crippen MR) is 101 cm³/mol. The number of para-hydroxylation sites is 1. The molecule has 3 rings (SSSR count). The molecule has 0 spiro atoms. The van der Waals surface area contributed by atoms with Crippen LogP contribution in [0.1, 0.15) is 19.8 Å². The number of rotatable bonds is 5. The fraction of sp³-hybridized carbons (Fsp3) is 0.611. The van der Waals surface area contributed by atoms with E-state index in [9.17, 15) is 4.79 Å². The average molecular weight is 353 g/mol. The van der Waals surface area contributed by atoms with Crippen LogP contribution < -0.4 is 15.5 Å². The van der Waals surface area contributed by atoms with E-state index in [2.05, 4.69) is 57.7 Å². The van der Waals surface area contributed by atoms with Gasteiger partial charge in [0.2, 0.25) is 5.91 Å². The normalized spacial score (nSPS) is 22.7. The topological polar surface area (TPSA) is 47.6 Å². The van der Waals surface area contributed by atoms with Crippen LogP contribution in [0, 0.1) is 0 Å². The predicted octanol–water partition coefficient (Wildman–Crippen LogP) is 1.49. The summed E-state index contributed by atoms with van der Waals surface area (Å²) in [6.07, 6.45) is 2.07. The van der Waals surface area contributed by atoms with E-state index < -0.39 is 0 Å². The van der Waals surface area contributed by atoms with E-state index in [4.69, 9.17) is 0 Å². The Labute approximate surface area is 151 Å². The van der Waals surface area contributed by atoms with Gasteiger partial charge >= 0.3 is 0 Å². The minimum absolute atomic E-state index is 0. The Kier molecular flexibility index (Phi) is 7.34. The number of nitrogens with one attached hydrogen (secondary N) is 2. The molecule has 2 aliphatic heterocycles. The number of piperazine rings is 1. The summed E-state index contributed by atoms with van der Waals surface area (Å²) >= 11 is 0. The monoisotopic (exact) mass is 352 g/mol. The summed E-state index contributed by atoms with van der Waals surface area (Å²) in [5.74, 6) is 0.164. The molecule has 2 atom stereocenters. The first-order valence-corrected chi connectivity index (χ1v) is 8.79. The highest BCUT2D eigenvalue weighted by molar-refractivity contribution is 5.85. The second kappa shape index (κ2) is 9.25. The summed E-state index contributed by atoms with van der Waals surface area (Å²) in [6, 6.07) is 11.0. The molecule has 2 saturated heterocycles. The highest BCUT2D eigenvalue weighted by atomic mass is 35.5. The Bertz CT molecular complexity index is 499. The zero-order valence-electron chi connectivity index (χ0n) is 14.4. The second-order valence-corrected chi connectivity index (χ2v) is 6.60. The standard InChI is InChI=1S/C18H28N4O.ClH/c1-15(14-20-18(23)17-8-5-9-19-17)21-10-12-22(13-11-21)16-6-3-2-4-7-16;/h2-4,6-7,15,17,19H,5,8-14H2,1H3,(H,20,23);1H. The fourth-order valence-electron chi connectivity index (χ4n) is 3.47. The van der Waals surface area contributed by atoms with Crippen molar-refractivity contribution in [3.8, 4) is 0 Å². The third kappa shape index (κ3) is 4.85. The SMILES string of the molecule is CC(CNC(=O)C1CCCN1)N1CCN(c2ccccc2)CC1.Cl. The Balaban J connectivity index is 0.00000208. The second-order valence-electron chi connectivity index (χ2n) is 6.60. The molecule has 0 radical (unpaired) electrons. The number of halogens is 1. The van der Waals surface area contributed by atoms with Crippen LogP contribution in [-0.2, 0) is 4.79 Å². The molecule has 2 unspecified atom stereocenters. The van der Waals surface area contributed by atoms with Crippen molar-refractivity contribution in [1.29, 1.82) is 0 Å². The van der Waals surface area contributed by atoms with Crippen LogP contribution >= 0.6 is 12.4 Å². The van der Waals surface area contributed by atoms with Gasteiger partial charge in [-0.15, -0.1) is 12.4 Å². The first kappa shape index (κ1) is 19.0. The van der Waals surface area contributed by atoms with Crippen LogP contribution in [-0.4, -0.2) is 62.2 Å². The number of hydrogen-bond donors (Lipinski definition) is 2. The molecule has 2 aliphatic rings. The van der Waals surface area contributed by atoms with Crippen LogP contribution in [0.3, 0.4) is 0 Å². The summed E-state index contributed by atoms with van der Waals surface area (Å²) in [7, 11) is 0. The summed E-state index contributed by atoms with van der Waals surface area (Å²) in [5.41, 5.74) is 1.31. The van der Waals surface area contributed by atoms with Gasteiger partial charge in [-0.25, -0.2) is 0 Å². The molecule has 1 amide bonds. The molecule has 0 aliphatic carbocycles. The first-order chi connectivity index (χ1) is 11.2. The lowest BCUT2D eigenvalue weighted by atomic mass is 10.2. The molecule has 2 fully saturated rings. The summed E-state index contributed by atoms with van der Waals surface area (Å²) in [6.45, 7) is 8.11. The Hall–Kier alpha value is -1.30. The average Bonchev–Trinajstić information content (AvgIpc) is 3.15. The zero-order valence-corrected chi connectivity index (χ0v) is 15.2. The van der Waals surface area contributed by atoms with Gasteiger partial charge in [0.1, 0.15) is 0 Å². The van der Waals surface area contributed by atoms with Crippen molar-refractivity contribution in [2.24, 2.45) is 0 Å². The molecule has 2 heterocycles. The molecular weight excluding hydrogens is 324 g/mol. The molecule has 0 aromatic heterocycles. The van der Waals surface area contributed by atoms with Crippen molar-refractivity contribution in [3.05, 3.63) is 30.3 Å². The van der Waals surface area contributed by atoms with E-state index in [-0.39, 0.29) is 24.4 Å². The Morgan fingerprint density at radius 1 is 1.25 bits per heavy atom. The molecule has 6 heteroatoms. The third-order valence-corrected chi connectivity index (χ3v) is 5.01. The van der Waals surface area contributed by atoms with Crippen LogP contribution in [0.15, 0.2) is 30.3 Å². The van der Waals surface area contributed by atoms with Crippen LogP contribution in [0.4, 0.5) is 5.69 Å². The van der Waals surface area contributed by atoms with Gasteiger partial charge in [0.15, 0.2) is 0 Å². The van der Waals surface area contributed by atoms with Gasteiger partial charge in [-0.2, -0.15) is 0 Å². The van der Waals surface area contributed by atoms with Gasteiger partial charge in [0.05, 0.1) is 6.04 Å². The molecular formula is C18H29ClN4O. The number of carbonyl (C=O) groups is 1. The van der Waals surface area contributed by atoms with Gasteiger partial charge in [-0.1, -0.05) is 18.2 Å². The van der Waals surface area contributed by atoms with Gasteiger partial charge in [0.25, 0.3) is 0 Å². The number of hydrogen-bond acceptors (Lipinski definition) is 4. The molecule has 0 bridgehead atoms. The summed E-state index contributed by atoms with van der Waals surface area (Å²) in [5, 5.41) is 6.36. The molecule has 24 heavy (non-hydrogen) atoms. The van der Waals surface area contributed by atoms with E-state index in [1.165, 1.54) is 5.69 Å². The highest BCUT2D eigenvalue weighted by Gasteiger charge is 2.24. The van der Waals surface area contributed by atoms with Crippen molar-refractivity contribution in [2.45, 2.75) is 31.8 Å². The molecule has 2 N–H and O–H groups in total. The lowest BCUT2D eigenvalue weighted by Gasteiger charge is -2.39. The largest absolute Gasteiger partial charge is 0.369 e. The number of amides is 1. The van der Waals surface area contributed by atoms with E-state index in [1.807, 2.05) is 0 Å². The van der Waals surface area contributed by atoms with Crippen molar-refractivity contribution >= 4 is 24.0 Å². The van der Waals surface area contributed by atoms with Gasteiger partial charge in [-0.3, -0.25) is 9.69 Å². The third-order valence-electron chi connectivity index (χ3n) is 5.01. The summed E-state index contributed by atoms with van der Waals surface area (Å²) in [4.78, 5) is 17.0. The van der Waals surface area contributed by atoms with Crippen LogP contribution in [0.5, 0.6) is 0 Å². The number of nitrogens with zero attached hydrogens (tertiary/aromatic N) is 2. The van der Waals surface area contributed by atoms with Gasteiger partial charge in [-0.05, 0) is 38.4 Å². The zero-order chi connectivity index (χ0) is 16.1. The lowest BCUT2D eigenvalue weighted by molar-refractivity contribution is -0.123. The van der Waals surface area contributed by atoms with Gasteiger partial charge < -0.3 is 15.5 Å². The highest BCUT2D eigenvalue weighted by Crippen LogP contribution is 2.16. The van der Waals surface area contributed by atoms with E-state index in [0.717, 1.165) is 52.1 Å². The molecule has 1 aromatic carbocycles. The first-order valence-electron chi connectivity index (χ1n) is 8.79. The summed E-state index contributed by atoms with van der Waals surface area (Å²) < 4.78 is 0. The van der Waals surface area contributed by atoms with Crippen molar-refractivity contribution < 1.29 is 4.79 Å². The lowest BCUT2D eigenvalue weighted by Crippen LogP contribution is -2.53. The van der Waals surface area contributed by atoms with Gasteiger partial charge in [0, 0.05) is 44.5 Å². The fourth-order valence-corrected chi connectivity index (χ4v) is 3.47. The van der Waals surface area contributed by atoms with Crippen molar-refractivity contribution in [1.82, 2.24) is 15.5 Å². The Morgan fingerprint density at radius 3 is 2.58 bits per heavy atom. The maximum Gasteiger partial charge on any atom is 0.237 e. The van der Waals surface area contributed by atoms with E-state index in [0.29, 0.717) is 6.04 Å². The molecule has 134 valence electrons. The quantitative estimate of drug-likeness (QED) is 0.843. The Morgan fingerprint density at radius 2 is 1.96 bits per heavy atom. The van der Waals surface area contributed by atoms with Crippen LogP contribution in [0.25, 0.3) is 0 Å². The smallest absolute Gasteiger partial charge is 0.237 e. The number of anilines is 1. The maximum absolute atomic E-state index is 12.1. The van der Waals surface area contributed by atoms with E-state index in [1.54, 1.807) is 0 Å². The number of carbonyl (C=O) groups excluding carboxylic acids is 1. The van der Waals surface area contributed by atoms with Crippen molar-refractivity contribution in [3.63, 3.8) is 0 Å². The minimum Gasteiger partial charge on any atom is -0.369 e. The number of benzene rings is 1. The maximum atomic E-state index is 12.1. The molecule has 5 nitrogen and oxygen atoms in total. The van der Waals surface area contributed by atoms with E-state index >= 15 is 0 Å².